The number of piperidine rings is 1. The van der Waals surface area contributed by atoms with Crippen molar-refractivity contribution in [3.05, 3.63) is 29.3 Å². The van der Waals surface area contributed by atoms with Gasteiger partial charge in [0.25, 0.3) is 0 Å². The highest BCUT2D eigenvalue weighted by Crippen LogP contribution is 2.30. The molecule has 23 heavy (non-hydrogen) atoms. The zero-order valence-electron chi connectivity index (χ0n) is 13.5. The van der Waals surface area contributed by atoms with Gasteiger partial charge in [-0.3, -0.25) is 9.69 Å². The van der Waals surface area contributed by atoms with Crippen LogP contribution in [0.4, 0.5) is 5.69 Å². The van der Waals surface area contributed by atoms with E-state index in [1.807, 2.05) is 29.2 Å². The predicted octanol–water partition coefficient (Wildman–Crippen LogP) is 2.80. The number of nitrogens with zero attached hydrogens (tertiary/aromatic N) is 2. The molecule has 2 aliphatic rings. The highest BCUT2D eigenvalue weighted by atomic mass is 35.5. The maximum Gasteiger partial charge on any atom is 0.244 e. The number of anilines is 1. The first-order chi connectivity index (χ1) is 10.7. The van der Waals surface area contributed by atoms with Crippen LogP contribution in [-0.2, 0) is 4.79 Å². The third-order valence-electron chi connectivity index (χ3n) is 4.80. The number of hydrogen-bond acceptors (Lipinski definition) is 3. The molecule has 1 N–H and O–H groups in total. The molecule has 0 spiro atoms. The van der Waals surface area contributed by atoms with Crippen LogP contribution in [0.25, 0.3) is 0 Å². The molecule has 2 atom stereocenters. The van der Waals surface area contributed by atoms with E-state index in [2.05, 4.69) is 17.3 Å². The van der Waals surface area contributed by atoms with Crippen molar-refractivity contribution in [1.29, 1.82) is 0 Å². The van der Waals surface area contributed by atoms with Gasteiger partial charge < -0.3 is 10.2 Å². The second-order valence-electron chi connectivity index (χ2n) is 6.40. The second-order valence-corrected chi connectivity index (χ2v) is 6.80. The van der Waals surface area contributed by atoms with Crippen molar-refractivity contribution in [2.45, 2.75) is 25.3 Å². The van der Waals surface area contributed by atoms with E-state index in [1.165, 1.54) is 12.8 Å². The fraction of sp³-hybridized carbons (Fsp3) is 0.588. The van der Waals surface area contributed by atoms with Gasteiger partial charge in [-0.25, -0.2) is 0 Å². The first kappa shape index (κ1) is 18.5. The van der Waals surface area contributed by atoms with Crippen LogP contribution in [0.15, 0.2) is 24.3 Å². The van der Waals surface area contributed by atoms with Gasteiger partial charge in [0, 0.05) is 13.1 Å². The number of carbonyl (C=O) groups is 1. The Bertz CT molecular complexity index is 534. The maximum absolute atomic E-state index is 12.8. The minimum absolute atomic E-state index is 0. The Morgan fingerprint density at radius 1 is 1.35 bits per heavy atom. The van der Waals surface area contributed by atoms with Gasteiger partial charge in [0.05, 0.1) is 16.8 Å². The van der Waals surface area contributed by atoms with Gasteiger partial charge in [-0.05, 0) is 57.5 Å². The molecule has 0 aromatic heterocycles. The molecule has 0 saturated carbocycles. The van der Waals surface area contributed by atoms with Gasteiger partial charge >= 0.3 is 0 Å². The number of halogens is 2. The number of amides is 1. The molecule has 2 fully saturated rings. The lowest BCUT2D eigenvalue weighted by molar-refractivity contribution is -0.121. The summed E-state index contributed by atoms with van der Waals surface area (Å²) >= 11 is 6.24. The quantitative estimate of drug-likeness (QED) is 0.899. The van der Waals surface area contributed by atoms with Gasteiger partial charge in [-0.15, -0.1) is 12.4 Å². The molecule has 6 heteroatoms. The first-order valence-corrected chi connectivity index (χ1v) is 8.51. The molecule has 0 aliphatic carbocycles. The van der Waals surface area contributed by atoms with E-state index in [-0.39, 0.29) is 24.4 Å². The number of rotatable bonds is 4. The number of benzene rings is 1. The summed E-state index contributed by atoms with van der Waals surface area (Å²) in [4.78, 5) is 16.8. The molecule has 2 saturated heterocycles. The van der Waals surface area contributed by atoms with Gasteiger partial charge in [0.2, 0.25) is 5.91 Å². The van der Waals surface area contributed by atoms with Crippen LogP contribution < -0.4 is 10.2 Å². The largest absolute Gasteiger partial charge is 0.316 e. The molecule has 0 radical (unpaired) electrons. The summed E-state index contributed by atoms with van der Waals surface area (Å²) in [6, 6.07) is 7.58. The van der Waals surface area contributed by atoms with Crippen molar-refractivity contribution in [3.63, 3.8) is 0 Å². The molecule has 1 aromatic rings. The Hall–Kier alpha value is -0.810. The molecular formula is C17H25Cl2N3O. The molecule has 2 aliphatic heterocycles. The zero-order chi connectivity index (χ0) is 15.5. The van der Waals surface area contributed by atoms with Crippen LogP contribution in [0.3, 0.4) is 0 Å². The normalized spacial score (nSPS) is 24.8. The van der Waals surface area contributed by atoms with Crippen molar-refractivity contribution in [2.75, 3.05) is 38.1 Å². The lowest BCUT2D eigenvalue weighted by atomic mass is 9.98. The van der Waals surface area contributed by atoms with Crippen molar-refractivity contribution in [2.24, 2.45) is 5.92 Å². The van der Waals surface area contributed by atoms with E-state index in [9.17, 15) is 4.79 Å². The third kappa shape index (κ3) is 4.18. The summed E-state index contributed by atoms with van der Waals surface area (Å²) in [6.45, 7) is 3.93. The molecule has 128 valence electrons. The summed E-state index contributed by atoms with van der Waals surface area (Å²) < 4.78 is 0. The monoisotopic (exact) mass is 357 g/mol. The summed E-state index contributed by atoms with van der Waals surface area (Å²) in [6.07, 6.45) is 3.37. The molecule has 0 bridgehead atoms. The highest BCUT2D eigenvalue weighted by molar-refractivity contribution is 6.33. The van der Waals surface area contributed by atoms with Gasteiger partial charge in [-0.1, -0.05) is 23.7 Å². The van der Waals surface area contributed by atoms with E-state index >= 15 is 0 Å². The fourth-order valence-corrected chi connectivity index (χ4v) is 3.84. The average molecular weight is 358 g/mol. The van der Waals surface area contributed by atoms with Crippen molar-refractivity contribution < 1.29 is 4.79 Å². The lowest BCUT2D eigenvalue weighted by Gasteiger charge is -2.30. The second kappa shape index (κ2) is 8.34. The first-order valence-electron chi connectivity index (χ1n) is 8.13. The standard InChI is InChI=1S/C17H24ClN3O.ClH/c1-20(12-13-5-4-9-19-11-13)16-8-10-21(17(16)22)15-7-3-2-6-14(15)18;/h2-3,6-7,13,16,19H,4-5,8-12H2,1H3;1H. The van der Waals surface area contributed by atoms with Crippen LogP contribution in [0, 0.1) is 5.92 Å². The Kier molecular flexibility index (Phi) is 6.72. The molecule has 4 nitrogen and oxygen atoms in total. The van der Waals surface area contributed by atoms with Crippen LogP contribution in [0.2, 0.25) is 5.02 Å². The van der Waals surface area contributed by atoms with E-state index in [0.29, 0.717) is 10.9 Å². The summed E-state index contributed by atoms with van der Waals surface area (Å²) in [5.41, 5.74) is 0.837. The summed E-state index contributed by atoms with van der Waals surface area (Å²) in [5, 5.41) is 4.09. The van der Waals surface area contributed by atoms with E-state index in [0.717, 1.165) is 38.3 Å². The summed E-state index contributed by atoms with van der Waals surface area (Å²) in [7, 11) is 2.08. The molecule has 1 aromatic carbocycles. The Labute approximate surface area is 149 Å². The van der Waals surface area contributed by atoms with Gasteiger partial charge in [-0.2, -0.15) is 0 Å². The van der Waals surface area contributed by atoms with Crippen LogP contribution in [0.1, 0.15) is 19.3 Å². The molecule has 3 rings (SSSR count). The maximum atomic E-state index is 12.8. The number of hydrogen-bond donors (Lipinski definition) is 1. The van der Waals surface area contributed by atoms with Gasteiger partial charge in [0.1, 0.15) is 0 Å². The van der Waals surface area contributed by atoms with E-state index in [1.54, 1.807) is 0 Å². The molecule has 1 amide bonds. The minimum atomic E-state index is -0.0156. The van der Waals surface area contributed by atoms with Crippen LogP contribution in [-0.4, -0.2) is 50.1 Å². The predicted molar refractivity (Wildman–Crippen MR) is 97.7 cm³/mol. The number of carbonyl (C=O) groups excluding carboxylic acids is 1. The Balaban J connectivity index is 0.00000192. The zero-order valence-corrected chi connectivity index (χ0v) is 15.1. The number of para-hydroxylation sites is 1. The highest BCUT2D eigenvalue weighted by Gasteiger charge is 2.36. The van der Waals surface area contributed by atoms with E-state index < -0.39 is 0 Å². The Morgan fingerprint density at radius 2 is 2.13 bits per heavy atom. The van der Waals surface area contributed by atoms with Crippen molar-refractivity contribution >= 4 is 35.6 Å². The minimum Gasteiger partial charge on any atom is -0.316 e. The summed E-state index contributed by atoms with van der Waals surface area (Å²) in [5.74, 6) is 0.834. The lowest BCUT2D eigenvalue weighted by Crippen LogP contribution is -2.44. The van der Waals surface area contributed by atoms with Crippen LogP contribution >= 0.6 is 24.0 Å². The molecule has 2 heterocycles. The van der Waals surface area contributed by atoms with E-state index in [4.69, 9.17) is 11.6 Å². The SMILES string of the molecule is CN(CC1CCCNC1)C1CCN(c2ccccc2Cl)C1=O.Cl. The smallest absolute Gasteiger partial charge is 0.244 e. The fourth-order valence-electron chi connectivity index (χ4n) is 3.60. The average Bonchev–Trinajstić information content (AvgIpc) is 2.90. The van der Waals surface area contributed by atoms with Crippen molar-refractivity contribution in [1.82, 2.24) is 10.2 Å². The third-order valence-corrected chi connectivity index (χ3v) is 5.12. The van der Waals surface area contributed by atoms with Gasteiger partial charge in [0.15, 0.2) is 0 Å². The molecular weight excluding hydrogens is 333 g/mol. The van der Waals surface area contributed by atoms with Crippen LogP contribution in [0.5, 0.6) is 0 Å². The number of nitrogens with one attached hydrogen (secondary N) is 1. The van der Waals surface area contributed by atoms with Crippen molar-refractivity contribution in [3.8, 4) is 0 Å². The Morgan fingerprint density at radius 3 is 2.83 bits per heavy atom. The number of likely N-dealkylation sites (N-methyl/N-ethyl adjacent to an activating group) is 1. The molecule has 2 unspecified atom stereocenters. The topological polar surface area (TPSA) is 35.6 Å².